The maximum absolute atomic E-state index is 11.9. The largest absolute Gasteiger partial charge is 0.364 e. The second-order valence-corrected chi connectivity index (χ2v) is 6.11. The molecule has 3 N–H and O–H groups in total. The summed E-state index contributed by atoms with van der Waals surface area (Å²) in [5, 5.41) is 1.66. The van der Waals surface area contributed by atoms with Crippen molar-refractivity contribution in [2.24, 2.45) is 5.73 Å². The molecule has 22 heavy (non-hydrogen) atoms. The smallest absolute Gasteiger partial charge is 0.265 e. The molecule has 0 radical (unpaired) electrons. The average Bonchev–Trinajstić information content (AvgIpc) is 2.87. The van der Waals surface area contributed by atoms with E-state index in [1.165, 1.54) is 5.56 Å². The van der Waals surface area contributed by atoms with Crippen LogP contribution in [0.4, 0.5) is 0 Å². The molecule has 1 heterocycles. The number of amides is 1. The van der Waals surface area contributed by atoms with Gasteiger partial charge in [-0.15, -0.1) is 0 Å². The molecule has 0 fully saturated rings. The summed E-state index contributed by atoms with van der Waals surface area (Å²) in [5.41, 5.74) is 9.90. The number of benzene rings is 2. The number of rotatable bonds is 3. The van der Waals surface area contributed by atoms with E-state index < -0.39 is 5.91 Å². The SMILES string of the molecule is CC(C)c1cccc2c(-c3ccc(Cl)cc3)c(C(N)=O)[nH]c12. The first-order valence-corrected chi connectivity index (χ1v) is 7.57. The second-order valence-electron chi connectivity index (χ2n) is 5.67. The zero-order chi connectivity index (χ0) is 15.9. The normalized spacial score (nSPS) is 11.3. The molecule has 2 aromatic carbocycles. The van der Waals surface area contributed by atoms with Crippen LogP contribution < -0.4 is 5.73 Å². The van der Waals surface area contributed by atoms with E-state index in [1.54, 1.807) is 0 Å². The van der Waals surface area contributed by atoms with Gasteiger partial charge in [0.25, 0.3) is 5.91 Å². The second kappa shape index (κ2) is 5.50. The number of primary amides is 1. The minimum absolute atomic E-state index is 0.348. The Morgan fingerprint density at radius 1 is 1.14 bits per heavy atom. The Morgan fingerprint density at radius 2 is 1.82 bits per heavy atom. The number of halogens is 1. The fourth-order valence-electron chi connectivity index (χ4n) is 2.82. The molecule has 0 aliphatic heterocycles. The van der Waals surface area contributed by atoms with Crippen LogP contribution in [0.5, 0.6) is 0 Å². The van der Waals surface area contributed by atoms with Gasteiger partial charge in [-0.1, -0.05) is 55.8 Å². The maximum atomic E-state index is 11.9. The van der Waals surface area contributed by atoms with E-state index in [9.17, 15) is 4.79 Å². The van der Waals surface area contributed by atoms with E-state index in [0.717, 1.165) is 22.0 Å². The van der Waals surface area contributed by atoms with E-state index in [1.807, 2.05) is 36.4 Å². The van der Waals surface area contributed by atoms with Gasteiger partial charge in [0.1, 0.15) is 5.69 Å². The highest BCUT2D eigenvalue weighted by Crippen LogP contribution is 2.36. The molecule has 1 amide bonds. The van der Waals surface area contributed by atoms with Crippen LogP contribution in [-0.4, -0.2) is 10.9 Å². The molecule has 0 aliphatic carbocycles. The van der Waals surface area contributed by atoms with Crippen LogP contribution in [-0.2, 0) is 0 Å². The lowest BCUT2D eigenvalue weighted by molar-refractivity contribution is 0.0997. The molecular formula is C18H17ClN2O. The molecule has 112 valence electrons. The lowest BCUT2D eigenvalue weighted by atomic mass is 9.97. The maximum Gasteiger partial charge on any atom is 0.265 e. The average molecular weight is 313 g/mol. The summed E-state index contributed by atoms with van der Waals surface area (Å²) in [7, 11) is 0. The fourth-order valence-corrected chi connectivity index (χ4v) is 2.95. The number of H-pyrrole nitrogens is 1. The van der Waals surface area contributed by atoms with Crippen molar-refractivity contribution in [1.82, 2.24) is 4.98 Å². The molecule has 0 atom stereocenters. The van der Waals surface area contributed by atoms with Crippen molar-refractivity contribution in [2.45, 2.75) is 19.8 Å². The lowest BCUT2D eigenvalue weighted by Gasteiger charge is -2.07. The zero-order valence-electron chi connectivity index (χ0n) is 12.5. The Hall–Kier alpha value is -2.26. The predicted octanol–water partition coefficient (Wildman–Crippen LogP) is 4.71. The lowest BCUT2D eigenvalue weighted by Crippen LogP contribution is -2.12. The van der Waals surface area contributed by atoms with Crippen LogP contribution >= 0.6 is 11.6 Å². The van der Waals surface area contributed by atoms with Crippen molar-refractivity contribution in [3.05, 3.63) is 58.7 Å². The van der Waals surface area contributed by atoms with Crippen LogP contribution in [0.2, 0.25) is 5.02 Å². The number of carbonyl (C=O) groups excluding carboxylic acids is 1. The third-order valence-corrected chi connectivity index (χ3v) is 4.12. The van der Waals surface area contributed by atoms with Gasteiger partial charge < -0.3 is 10.7 Å². The van der Waals surface area contributed by atoms with Gasteiger partial charge in [-0.05, 0) is 29.2 Å². The molecule has 0 unspecified atom stereocenters. The van der Waals surface area contributed by atoms with Gasteiger partial charge in [0, 0.05) is 16.0 Å². The summed E-state index contributed by atoms with van der Waals surface area (Å²) < 4.78 is 0. The monoisotopic (exact) mass is 312 g/mol. The van der Waals surface area contributed by atoms with Gasteiger partial charge >= 0.3 is 0 Å². The minimum Gasteiger partial charge on any atom is -0.364 e. The van der Waals surface area contributed by atoms with Gasteiger partial charge in [-0.3, -0.25) is 4.79 Å². The van der Waals surface area contributed by atoms with E-state index >= 15 is 0 Å². The Morgan fingerprint density at radius 3 is 2.41 bits per heavy atom. The third-order valence-electron chi connectivity index (χ3n) is 3.87. The van der Waals surface area contributed by atoms with Crippen molar-refractivity contribution in [3.8, 4) is 11.1 Å². The number of aromatic nitrogens is 1. The van der Waals surface area contributed by atoms with Crippen LogP contribution in [0.15, 0.2) is 42.5 Å². The Balaban J connectivity index is 2.36. The topological polar surface area (TPSA) is 58.9 Å². The molecule has 0 aliphatic rings. The molecule has 3 rings (SSSR count). The van der Waals surface area contributed by atoms with Crippen LogP contribution in [0.1, 0.15) is 35.8 Å². The van der Waals surface area contributed by atoms with Gasteiger partial charge in [-0.25, -0.2) is 0 Å². The summed E-state index contributed by atoms with van der Waals surface area (Å²) in [6, 6.07) is 13.5. The van der Waals surface area contributed by atoms with Crippen molar-refractivity contribution in [3.63, 3.8) is 0 Å². The molecule has 0 saturated carbocycles. The number of hydrogen-bond acceptors (Lipinski definition) is 1. The highest BCUT2D eigenvalue weighted by atomic mass is 35.5. The number of aromatic amines is 1. The highest BCUT2D eigenvalue weighted by molar-refractivity contribution is 6.30. The number of fused-ring (bicyclic) bond motifs is 1. The fraction of sp³-hybridized carbons (Fsp3) is 0.167. The molecule has 3 nitrogen and oxygen atoms in total. The number of para-hydroxylation sites is 1. The number of nitrogens with two attached hydrogens (primary N) is 1. The van der Waals surface area contributed by atoms with Crippen molar-refractivity contribution >= 4 is 28.4 Å². The van der Waals surface area contributed by atoms with E-state index in [-0.39, 0.29) is 0 Å². The summed E-state index contributed by atoms with van der Waals surface area (Å²) in [5.74, 6) is -0.114. The number of hydrogen-bond donors (Lipinski definition) is 2. The van der Waals surface area contributed by atoms with Crippen molar-refractivity contribution in [1.29, 1.82) is 0 Å². The van der Waals surface area contributed by atoms with Crippen LogP contribution in [0.25, 0.3) is 22.0 Å². The van der Waals surface area contributed by atoms with E-state index in [0.29, 0.717) is 16.6 Å². The summed E-state index contributed by atoms with van der Waals surface area (Å²) in [4.78, 5) is 15.1. The Labute approximate surface area is 134 Å². The number of carbonyl (C=O) groups is 1. The quantitative estimate of drug-likeness (QED) is 0.723. The first-order valence-electron chi connectivity index (χ1n) is 7.19. The molecule has 0 saturated heterocycles. The van der Waals surface area contributed by atoms with Gasteiger partial charge in [0.05, 0.1) is 5.52 Å². The first-order chi connectivity index (χ1) is 10.5. The van der Waals surface area contributed by atoms with Crippen LogP contribution in [0.3, 0.4) is 0 Å². The Kier molecular flexibility index (Phi) is 3.67. The summed E-state index contributed by atoms with van der Waals surface area (Å²) in [6.07, 6.45) is 0. The van der Waals surface area contributed by atoms with E-state index in [2.05, 4.69) is 24.9 Å². The number of nitrogens with one attached hydrogen (secondary N) is 1. The first kappa shape index (κ1) is 14.7. The molecular weight excluding hydrogens is 296 g/mol. The van der Waals surface area contributed by atoms with Crippen molar-refractivity contribution in [2.75, 3.05) is 0 Å². The zero-order valence-corrected chi connectivity index (χ0v) is 13.2. The molecule has 0 spiro atoms. The molecule has 3 aromatic rings. The predicted molar refractivity (Wildman–Crippen MR) is 91.4 cm³/mol. The van der Waals surface area contributed by atoms with Gasteiger partial charge in [-0.2, -0.15) is 0 Å². The summed E-state index contributed by atoms with van der Waals surface area (Å²) >= 11 is 5.96. The highest BCUT2D eigenvalue weighted by Gasteiger charge is 2.19. The van der Waals surface area contributed by atoms with Gasteiger partial charge in [0.15, 0.2) is 0 Å². The summed E-state index contributed by atoms with van der Waals surface area (Å²) in [6.45, 7) is 4.25. The standard InChI is InChI=1S/C18H17ClN2O/c1-10(2)13-4-3-5-14-15(11-6-8-12(19)9-7-11)17(18(20)22)21-16(13)14/h3-10,21H,1-2H3,(H2,20,22). The van der Waals surface area contributed by atoms with Gasteiger partial charge in [0.2, 0.25) is 0 Å². The third kappa shape index (κ3) is 2.38. The molecule has 0 bridgehead atoms. The molecule has 4 heteroatoms. The van der Waals surface area contributed by atoms with Crippen LogP contribution in [0, 0.1) is 0 Å². The van der Waals surface area contributed by atoms with E-state index in [4.69, 9.17) is 17.3 Å². The Bertz CT molecular complexity index is 847. The minimum atomic E-state index is -0.462. The van der Waals surface area contributed by atoms with Crippen molar-refractivity contribution < 1.29 is 4.79 Å². The molecule has 1 aromatic heterocycles.